The number of hydrogen-bond acceptors (Lipinski definition) is 2. The largest absolute Gasteiger partial charge is 0.392 e. The van der Waals surface area contributed by atoms with E-state index in [9.17, 15) is 0 Å². The molecular weight excluding hydrogens is 577 g/mol. The summed E-state index contributed by atoms with van der Waals surface area (Å²) in [5.41, 5.74) is 5.20. The number of nitrogens with two attached hydrogens (primary N) is 1. The Morgan fingerprint density at radius 2 is 0.565 bits per heavy atom. The Kier molecular flexibility index (Phi) is 50.0. The average molecular weight is 669 g/mol. The van der Waals surface area contributed by atoms with Gasteiger partial charge in [0, 0.05) is 6.54 Å². The summed E-state index contributed by atoms with van der Waals surface area (Å²) >= 11 is 0. The SMILES string of the molecule is CCCCCC(O)CN.CCCCCCCCCCCCCCCCCC[P]CCCCCCCCCCCCCCCCCC. The van der Waals surface area contributed by atoms with Crippen LogP contribution in [0.2, 0.25) is 0 Å². The lowest BCUT2D eigenvalue weighted by molar-refractivity contribution is 0.169. The van der Waals surface area contributed by atoms with E-state index >= 15 is 0 Å². The van der Waals surface area contributed by atoms with Crippen molar-refractivity contribution in [1.82, 2.24) is 0 Å². The Balaban J connectivity index is 0. The van der Waals surface area contributed by atoms with Crippen molar-refractivity contribution >= 4 is 8.58 Å². The number of rotatable bonds is 39. The fourth-order valence-corrected chi connectivity index (χ4v) is 7.52. The maximum atomic E-state index is 8.96. The smallest absolute Gasteiger partial charge is 0.0662 e. The minimum atomic E-state index is -0.267. The van der Waals surface area contributed by atoms with E-state index in [2.05, 4.69) is 20.8 Å². The molecule has 2 nitrogen and oxygen atoms in total. The minimum absolute atomic E-state index is 0.267. The molecule has 0 aromatic heterocycles. The number of hydrogen-bond donors (Lipinski definition) is 2. The Labute approximate surface area is 295 Å². The molecular formula is C43H91NOP. The first-order chi connectivity index (χ1) is 22.7. The Hall–Kier alpha value is 0.350. The van der Waals surface area contributed by atoms with Crippen molar-refractivity contribution in [3.8, 4) is 0 Å². The van der Waals surface area contributed by atoms with Gasteiger partial charge in [-0.3, -0.25) is 0 Å². The number of unbranched alkanes of at least 4 members (excludes halogenated alkanes) is 32. The molecule has 279 valence electrons. The van der Waals surface area contributed by atoms with Crippen molar-refractivity contribution in [3.05, 3.63) is 0 Å². The maximum Gasteiger partial charge on any atom is 0.0662 e. The Morgan fingerprint density at radius 3 is 0.804 bits per heavy atom. The van der Waals surface area contributed by atoms with Gasteiger partial charge in [-0.15, -0.1) is 0 Å². The van der Waals surface area contributed by atoms with Crippen LogP contribution in [0.15, 0.2) is 0 Å². The van der Waals surface area contributed by atoms with Gasteiger partial charge in [-0.1, -0.05) is 241 Å². The normalized spacial score (nSPS) is 11.9. The maximum absolute atomic E-state index is 8.96. The van der Waals surface area contributed by atoms with Gasteiger partial charge in [-0.05, 0) is 31.6 Å². The fourth-order valence-electron chi connectivity index (χ4n) is 6.40. The van der Waals surface area contributed by atoms with Crippen LogP contribution in [0.3, 0.4) is 0 Å². The molecule has 0 bridgehead atoms. The van der Waals surface area contributed by atoms with Gasteiger partial charge in [-0.2, -0.15) is 0 Å². The predicted octanol–water partition coefficient (Wildman–Crippen LogP) is 15.3. The van der Waals surface area contributed by atoms with E-state index in [-0.39, 0.29) is 6.10 Å². The van der Waals surface area contributed by atoms with E-state index in [0.717, 1.165) is 12.8 Å². The molecule has 0 fully saturated rings. The molecule has 0 amide bonds. The van der Waals surface area contributed by atoms with Crippen molar-refractivity contribution in [3.63, 3.8) is 0 Å². The third-order valence-corrected chi connectivity index (χ3v) is 11.0. The van der Waals surface area contributed by atoms with E-state index in [1.165, 1.54) is 231 Å². The summed E-state index contributed by atoms with van der Waals surface area (Å²) in [6.07, 6.45) is 54.4. The molecule has 0 aromatic rings. The molecule has 0 aliphatic heterocycles. The third kappa shape index (κ3) is 48.7. The highest BCUT2D eigenvalue weighted by Crippen LogP contribution is 2.19. The first kappa shape index (κ1) is 48.5. The van der Waals surface area contributed by atoms with Gasteiger partial charge in [0.25, 0.3) is 0 Å². The molecule has 46 heavy (non-hydrogen) atoms. The second kappa shape index (κ2) is 47.5. The predicted molar refractivity (Wildman–Crippen MR) is 215 cm³/mol. The molecule has 0 saturated carbocycles. The van der Waals surface area contributed by atoms with Gasteiger partial charge in [-0.25, -0.2) is 0 Å². The van der Waals surface area contributed by atoms with Crippen molar-refractivity contribution in [2.75, 3.05) is 18.9 Å². The lowest BCUT2D eigenvalue weighted by atomic mass is 10.0. The summed E-state index contributed by atoms with van der Waals surface area (Å²) < 4.78 is 0. The van der Waals surface area contributed by atoms with E-state index in [4.69, 9.17) is 10.8 Å². The number of aliphatic hydroxyl groups excluding tert-OH is 1. The summed E-state index contributed by atoms with van der Waals surface area (Å²) in [6.45, 7) is 7.17. The lowest BCUT2D eigenvalue weighted by Crippen LogP contribution is -2.19. The second-order valence-corrected chi connectivity index (χ2v) is 16.0. The van der Waals surface area contributed by atoms with Gasteiger partial charge >= 0.3 is 0 Å². The lowest BCUT2D eigenvalue weighted by Gasteiger charge is -2.04. The molecule has 0 aliphatic carbocycles. The molecule has 3 N–H and O–H groups in total. The van der Waals surface area contributed by atoms with Crippen molar-refractivity contribution in [2.24, 2.45) is 5.73 Å². The highest BCUT2D eigenvalue weighted by atomic mass is 31.1. The summed E-state index contributed by atoms with van der Waals surface area (Å²) in [5.74, 6) is 0. The van der Waals surface area contributed by atoms with E-state index < -0.39 is 0 Å². The first-order valence-corrected chi connectivity index (χ1v) is 23.0. The second-order valence-electron chi connectivity index (χ2n) is 14.7. The first-order valence-electron chi connectivity index (χ1n) is 21.7. The van der Waals surface area contributed by atoms with E-state index in [1.54, 1.807) is 8.58 Å². The molecule has 0 rings (SSSR count). The summed E-state index contributed by atoms with van der Waals surface area (Å²) in [4.78, 5) is 0. The molecule has 1 unspecified atom stereocenters. The molecule has 1 radical (unpaired) electrons. The highest BCUT2D eigenvalue weighted by Gasteiger charge is 1.99. The van der Waals surface area contributed by atoms with Crippen LogP contribution in [0.4, 0.5) is 0 Å². The summed E-state index contributed by atoms with van der Waals surface area (Å²) in [6, 6.07) is 0. The molecule has 0 spiro atoms. The van der Waals surface area contributed by atoms with E-state index in [0.29, 0.717) is 6.54 Å². The number of aliphatic hydroxyl groups is 1. The quantitative estimate of drug-likeness (QED) is 0.0506. The van der Waals surface area contributed by atoms with Gasteiger partial charge in [0.15, 0.2) is 0 Å². The van der Waals surface area contributed by atoms with Crippen molar-refractivity contribution in [2.45, 2.75) is 258 Å². The molecule has 0 aromatic carbocycles. The van der Waals surface area contributed by atoms with Gasteiger partial charge < -0.3 is 10.8 Å². The van der Waals surface area contributed by atoms with Crippen LogP contribution >= 0.6 is 8.58 Å². The fraction of sp³-hybridized carbons (Fsp3) is 1.00. The molecule has 0 saturated heterocycles. The van der Waals surface area contributed by atoms with Crippen molar-refractivity contribution in [1.29, 1.82) is 0 Å². The standard InChI is InChI=1S/C36H74P.C7H17NO/c1-3-5-7-9-11-13-15-17-19-21-23-25-27-29-31-33-35-37-36-34-32-30-28-26-24-22-20-18-16-14-12-10-8-6-4-2;1-2-3-4-5-7(9)6-8/h3-36H2,1-2H3;7,9H,2-6,8H2,1H3. The minimum Gasteiger partial charge on any atom is -0.392 e. The Bertz CT molecular complexity index is 453. The van der Waals surface area contributed by atoms with Gasteiger partial charge in [0.2, 0.25) is 0 Å². The molecule has 0 aliphatic rings. The summed E-state index contributed by atoms with van der Waals surface area (Å²) in [5, 5.41) is 8.96. The molecule has 1 atom stereocenters. The zero-order valence-corrected chi connectivity index (χ0v) is 33.5. The summed E-state index contributed by atoms with van der Waals surface area (Å²) in [7, 11) is 1.74. The third-order valence-electron chi connectivity index (χ3n) is 9.75. The van der Waals surface area contributed by atoms with Crippen LogP contribution in [-0.2, 0) is 0 Å². The van der Waals surface area contributed by atoms with Crippen LogP contribution in [-0.4, -0.2) is 30.1 Å². The van der Waals surface area contributed by atoms with Crippen LogP contribution in [0.1, 0.15) is 252 Å². The van der Waals surface area contributed by atoms with E-state index in [1.807, 2.05) is 0 Å². The topological polar surface area (TPSA) is 46.2 Å². The van der Waals surface area contributed by atoms with Gasteiger partial charge in [0.05, 0.1) is 6.10 Å². The zero-order chi connectivity index (χ0) is 33.9. The zero-order valence-electron chi connectivity index (χ0n) is 32.6. The molecule has 0 heterocycles. The highest BCUT2D eigenvalue weighted by molar-refractivity contribution is 7.37. The molecule has 3 heteroatoms. The van der Waals surface area contributed by atoms with Crippen LogP contribution < -0.4 is 5.73 Å². The van der Waals surface area contributed by atoms with Crippen LogP contribution in [0.5, 0.6) is 0 Å². The van der Waals surface area contributed by atoms with Crippen LogP contribution in [0, 0.1) is 0 Å². The van der Waals surface area contributed by atoms with Crippen LogP contribution in [0.25, 0.3) is 0 Å². The average Bonchev–Trinajstić information content (AvgIpc) is 3.07. The van der Waals surface area contributed by atoms with Gasteiger partial charge in [0.1, 0.15) is 0 Å². The Morgan fingerprint density at radius 1 is 0.348 bits per heavy atom. The van der Waals surface area contributed by atoms with Crippen molar-refractivity contribution < 1.29 is 5.11 Å². The monoisotopic (exact) mass is 669 g/mol.